The van der Waals surface area contributed by atoms with Crippen LogP contribution in [0.15, 0.2) is 24.3 Å². The Balaban J connectivity index is 1.74. The van der Waals surface area contributed by atoms with Gasteiger partial charge in [0.1, 0.15) is 0 Å². The number of hydrogen-bond acceptors (Lipinski definition) is 4. The first kappa shape index (κ1) is 12.7. The molecule has 98 valence electrons. The molecule has 1 aliphatic rings. The van der Waals surface area contributed by atoms with Gasteiger partial charge in [-0.25, -0.2) is 0 Å². The van der Waals surface area contributed by atoms with E-state index in [0.29, 0.717) is 6.54 Å². The number of rotatable bonds is 6. The van der Waals surface area contributed by atoms with E-state index in [1.54, 1.807) is 18.2 Å². The van der Waals surface area contributed by atoms with Crippen LogP contribution >= 0.6 is 0 Å². The molecule has 0 radical (unpaired) electrons. The molecule has 1 amide bonds. The van der Waals surface area contributed by atoms with Crippen LogP contribution < -0.4 is 10.1 Å². The second-order valence-corrected chi connectivity index (χ2v) is 4.69. The van der Waals surface area contributed by atoms with Crippen LogP contribution in [0.2, 0.25) is 0 Å². The Kier molecular flexibility index (Phi) is 3.72. The van der Waals surface area contributed by atoms with Gasteiger partial charge in [0, 0.05) is 12.0 Å². The van der Waals surface area contributed by atoms with E-state index in [1.165, 1.54) is 6.07 Å². The van der Waals surface area contributed by atoms with Crippen LogP contribution in [0.1, 0.15) is 12.8 Å². The fraction of sp³-hybridized carbons (Fsp3) is 0.462. The lowest BCUT2D eigenvalue weighted by Crippen LogP contribution is -2.35. The summed E-state index contributed by atoms with van der Waals surface area (Å²) in [5, 5.41) is 21.3. The Labute approximate surface area is 105 Å². The first-order valence-corrected chi connectivity index (χ1v) is 5.94. The summed E-state index contributed by atoms with van der Waals surface area (Å²) in [6.45, 7) is 0.444. The highest BCUT2D eigenvalue weighted by atomic mass is 16.5. The molecule has 0 spiro atoms. The predicted molar refractivity (Wildman–Crippen MR) is 65.4 cm³/mol. The Morgan fingerprint density at radius 1 is 1.39 bits per heavy atom. The van der Waals surface area contributed by atoms with Gasteiger partial charge in [0.05, 0.1) is 6.61 Å². The van der Waals surface area contributed by atoms with Gasteiger partial charge in [-0.1, -0.05) is 12.1 Å². The quantitative estimate of drug-likeness (QED) is 0.694. The van der Waals surface area contributed by atoms with E-state index in [-0.39, 0.29) is 36.0 Å². The smallest absolute Gasteiger partial charge is 0.257 e. The van der Waals surface area contributed by atoms with Crippen molar-refractivity contribution in [2.75, 3.05) is 19.8 Å². The number of aliphatic hydroxyl groups excluding tert-OH is 1. The van der Waals surface area contributed by atoms with E-state index in [1.807, 2.05) is 0 Å². The highest BCUT2D eigenvalue weighted by Gasteiger charge is 2.42. The maximum absolute atomic E-state index is 11.5. The molecule has 1 aliphatic carbocycles. The molecular weight excluding hydrogens is 234 g/mol. The fourth-order valence-corrected chi connectivity index (χ4v) is 1.63. The van der Waals surface area contributed by atoms with Gasteiger partial charge in [-0.3, -0.25) is 4.79 Å². The van der Waals surface area contributed by atoms with Crippen molar-refractivity contribution in [3.8, 4) is 11.5 Å². The zero-order chi connectivity index (χ0) is 13.0. The molecule has 0 bridgehead atoms. The summed E-state index contributed by atoms with van der Waals surface area (Å²) in [6.07, 6.45) is 1.90. The molecule has 0 aromatic heterocycles. The molecule has 5 heteroatoms. The van der Waals surface area contributed by atoms with Gasteiger partial charge < -0.3 is 20.3 Å². The molecule has 0 aliphatic heterocycles. The van der Waals surface area contributed by atoms with Crippen molar-refractivity contribution in [3.63, 3.8) is 0 Å². The third-order valence-corrected chi connectivity index (χ3v) is 3.18. The summed E-state index contributed by atoms with van der Waals surface area (Å²) in [6, 6.07) is 6.50. The fourth-order valence-electron chi connectivity index (χ4n) is 1.63. The van der Waals surface area contributed by atoms with E-state index in [4.69, 9.17) is 9.84 Å². The molecule has 2 rings (SSSR count). The highest BCUT2D eigenvalue weighted by molar-refractivity contribution is 5.77. The molecule has 0 unspecified atom stereocenters. The molecule has 0 heterocycles. The first-order chi connectivity index (χ1) is 8.65. The molecule has 0 atom stereocenters. The summed E-state index contributed by atoms with van der Waals surface area (Å²) in [7, 11) is 0. The molecule has 0 saturated heterocycles. The molecule has 1 fully saturated rings. The number of nitrogens with one attached hydrogen (secondary N) is 1. The summed E-state index contributed by atoms with van der Waals surface area (Å²) >= 11 is 0. The second kappa shape index (κ2) is 5.27. The first-order valence-electron chi connectivity index (χ1n) is 5.94. The molecule has 1 aromatic carbocycles. The van der Waals surface area contributed by atoms with Crippen LogP contribution in [0.25, 0.3) is 0 Å². The molecule has 1 aromatic rings. The number of phenolic OH excluding ortho intramolecular Hbond substituents is 1. The largest absolute Gasteiger partial charge is 0.504 e. The van der Waals surface area contributed by atoms with Crippen molar-refractivity contribution >= 4 is 5.91 Å². The number of para-hydroxylation sites is 2. The average Bonchev–Trinajstić information content (AvgIpc) is 3.16. The van der Waals surface area contributed by atoms with Gasteiger partial charge in [0.15, 0.2) is 18.1 Å². The van der Waals surface area contributed by atoms with Crippen LogP contribution in [0, 0.1) is 5.41 Å². The normalized spacial score (nSPS) is 16.1. The van der Waals surface area contributed by atoms with Gasteiger partial charge in [-0.05, 0) is 25.0 Å². The highest BCUT2D eigenvalue weighted by Crippen LogP contribution is 2.44. The van der Waals surface area contributed by atoms with Crippen LogP contribution in [0.4, 0.5) is 0 Å². The van der Waals surface area contributed by atoms with Gasteiger partial charge in [0.25, 0.3) is 5.91 Å². The lowest BCUT2D eigenvalue weighted by molar-refractivity contribution is -0.123. The second-order valence-electron chi connectivity index (χ2n) is 4.69. The topological polar surface area (TPSA) is 78.8 Å². The van der Waals surface area contributed by atoms with Crippen LogP contribution in [-0.2, 0) is 4.79 Å². The molecule has 18 heavy (non-hydrogen) atoms. The zero-order valence-electron chi connectivity index (χ0n) is 10.1. The van der Waals surface area contributed by atoms with E-state index in [9.17, 15) is 9.90 Å². The standard InChI is InChI=1S/C13H17NO4/c15-9-13(5-6-13)8-14-12(17)7-18-11-4-2-1-3-10(11)16/h1-4,15-16H,5-9H2,(H,14,17). The number of aromatic hydroxyl groups is 1. The maximum Gasteiger partial charge on any atom is 0.257 e. The van der Waals surface area contributed by atoms with Crippen LogP contribution in [0.3, 0.4) is 0 Å². The number of carbonyl (C=O) groups excluding carboxylic acids is 1. The molecule has 1 saturated carbocycles. The number of benzene rings is 1. The third-order valence-electron chi connectivity index (χ3n) is 3.18. The maximum atomic E-state index is 11.5. The van der Waals surface area contributed by atoms with Crippen LogP contribution in [-0.4, -0.2) is 35.9 Å². The monoisotopic (exact) mass is 251 g/mol. The summed E-state index contributed by atoms with van der Waals surface area (Å²) in [5.74, 6) is 0.0493. The van der Waals surface area contributed by atoms with Gasteiger partial charge in [0.2, 0.25) is 0 Å². The Bertz CT molecular complexity index is 429. The molecule has 5 nitrogen and oxygen atoms in total. The minimum absolute atomic E-state index is 0.0133. The minimum Gasteiger partial charge on any atom is -0.504 e. The van der Waals surface area contributed by atoms with E-state index < -0.39 is 0 Å². The average molecular weight is 251 g/mol. The van der Waals surface area contributed by atoms with Gasteiger partial charge in [-0.15, -0.1) is 0 Å². The van der Waals surface area contributed by atoms with E-state index in [2.05, 4.69) is 5.32 Å². The number of aliphatic hydroxyl groups is 1. The van der Waals surface area contributed by atoms with Crippen molar-refractivity contribution in [1.29, 1.82) is 0 Å². The van der Waals surface area contributed by atoms with Crippen molar-refractivity contribution in [2.24, 2.45) is 5.41 Å². The summed E-state index contributed by atoms with van der Waals surface area (Å²) in [4.78, 5) is 11.5. The minimum atomic E-state index is -0.252. The van der Waals surface area contributed by atoms with Gasteiger partial charge in [-0.2, -0.15) is 0 Å². The van der Waals surface area contributed by atoms with Crippen molar-refractivity contribution in [3.05, 3.63) is 24.3 Å². The summed E-state index contributed by atoms with van der Waals surface area (Å²) < 4.78 is 5.19. The van der Waals surface area contributed by atoms with Crippen molar-refractivity contribution in [1.82, 2.24) is 5.32 Å². The molecular formula is C13H17NO4. The van der Waals surface area contributed by atoms with E-state index in [0.717, 1.165) is 12.8 Å². The van der Waals surface area contributed by atoms with Gasteiger partial charge >= 0.3 is 0 Å². The van der Waals surface area contributed by atoms with Crippen molar-refractivity contribution < 1.29 is 19.7 Å². The van der Waals surface area contributed by atoms with E-state index >= 15 is 0 Å². The Morgan fingerprint density at radius 3 is 2.72 bits per heavy atom. The van der Waals surface area contributed by atoms with Crippen LogP contribution in [0.5, 0.6) is 11.5 Å². The third kappa shape index (κ3) is 3.13. The lowest BCUT2D eigenvalue weighted by Gasteiger charge is -2.13. The lowest BCUT2D eigenvalue weighted by atomic mass is 10.1. The number of carbonyl (C=O) groups is 1. The zero-order valence-corrected chi connectivity index (χ0v) is 10.1. The Hall–Kier alpha value is -1.75. The number of amides is 1. The Morgan fingerprint density at radius 2 is 2.11 bits per heavy atom. The predicted octanol–water partition coefficient (Wildman–Crippen LogP) is 0.660. The number of phenols is 1. The number of ether oxygens (including phenoxy) is 1. The number of hydrogen-bond donors (Lipinski definition) is 3. The molecule has 3 N–H and O–H groups in total. The van der Waals surface area contributed by atoms with Crippen molar-refractivity contribution in [2.45, 2.75) is 12.8 Å². The SMILES string of the molecule is O=C(COc1ccccc1O)NCC1(CO)CC1. The summed E-state index contributed by atoms with van der Waals surface area (Å²) in [5.41, 5.74) is -0.107.